The Hall–Kier alpha value is -4.98. The largest absolute Gasteiger partial charge is 0.484 e. The van der Waals surface area contributed by atoms with E-state index in [1.165, 1.54) is 0 Å². The summed E-state index contributed by atoms with van der Waals surface area (Å²) >= 11 is 0. The summed E-state index contributed by atoms with van der Waals surface area (Å²) in [5.41, 5.74) is 1.93. The van der Waals surface area contributed by atoms with Crippen LogP contribution in [0.25, 0.3) is 0 Å². The summed E-state index contributed by atoms with van der Waals surface area (Å²) in [5, 5.41) is 14.1. The molecule has 180 valence electrons. The van der Waals surface area contributed by atoms with Crippen LogP contribution in [-0.2, 0) is 9.59 Å². The number of carbonyl (C=O) groups excluding carboxylic acids is 2. The highest BCUT2D eigenvalue weighted by Crippen LogP contribution is 2.30. The Morgan fingerprint density at radius 2 is 1.14 bits per heavy atom. The number of carbonyl (C=O) groups is 2. The lowest BCUT2D eigenvalue weighted by Gasteiger charge is -2.12. The molecule has 4 aromatic rings. The lowest BCUT2D eigenvalue weighted by atomic mass is 10.2. The van der Waals surface area contributed by atoms with Gasteiger partial charge in [0, 0.05) is 5.69 Å². The van der Waals surface area contributed by atoms with Gasteiger partial charge in [0.2, 0.25) is 0 Å². The number of nitrogens with one attached hydrogen (secondary N) is 2. The maximum absolute atomic E-state index is 12.6. The number of anilines is 2. The summed E-state index contributed by atoms with van der Waals surface area (Å²) in [6, 6.07) is 32.3. The molecular formula is C28H24N4O4. The molecule has 0 aliphatic heterocycles. The van der Waals surface area contributed by atoms with Gasteiger partial charge in [-0.25, -0.2) is 0 Å². The zero-order valence-electron chi connectivity index (χ0n) is 19.3. The first-order valence-corrected chi connectivity index (χ1v) is 11.2. The molecule has 4 aromatic carbocycles. The second-order valence-corrected chi connectivity index (χ2v) is 7.57. The van der Waals surface area contributed by atoms with Crippen LogP contribution in [0.2, 0.25) is 0 Å². The summed E-state index contributed by atoms with van der Waals surface area (Å²) in [4.78, 5) is 25.0. The Morgan fingerprint density at radius 3 is 1.72 bits per heavy atom. The molecule has 0 bridgehead atoms. The van der Waals surface area contributed by atoms with Crippen LogP contribution in [0.15, 0.2) is 119 Å². The third kappa shape index (κ3) is 7.53. The van der Waals surface area contributed by atoms with Gasteiger partial charge in [-0.15, -0.1) is 5.11 Å². The number of rotatable bonds is 10. The molecule has 36 heavy (non-hydrogen) atoms. The van der Waals surface area contributed by atoms with E-state index in [1.54, 1.807) is 42.5 Å². The van der Waals surface area contributed by atoms with E-state index < -0.39 is 0 Å². The predicted molar refractivity (Wildman–Crippen MR) is 138 cm³/mol. The molecule has 0 radical (unpaired) electrons. The quantitative estimate of drug-likeness (QED) is 0.266. The summed E-state index contributed by atoms with van der Waals surface area (Å²) in [6.07, 6.45) is 0. The maximum atomic E-state index is 12.6. The first-order valence-electron chi connectivity index (χ1n) is 11.2. The number of azo groups is 1. The molecule has 0 saturated heterocycles. The lowest BCUT2D eigenvalue weighted by Crippen LogP contribution is -2.21. The Kier molecular flexibility index (Phi) is 8.37. The summed E-state index contributed by atoms with van der Waals surface area (Å²) < 4.78 is 11.0. The van der Waals surface area contributed by atoms with E-state index in [4.69, 9.17) is 9.47 Å². The predicted octanol–water partition coefficient (Wildman–Crippen LogP) is 6.14. The minimum atomic E-state index is -0.383. The normalized spacial score (nSPS) is 10.6. The summed E-state index contributed by atoms with van der Waals surface area (Å²) in [5.74, 6) is 0.444. The van der Waals surface area contributed by atoms with Crippen molar-refractivity contribution in [2.45, 2.75) is 0 Å². The monoisotopic (exact) mass is 480 g/mol. The van der Waals surface area contributed by atoms with E-state index in [2.05, 4.69) is 20.9 Å². The van der Waals surface area contributed by atoms with Gasteiger partial charge in [0.15, 0.2) is 13.2 Å². The summed E-state index contributed by atoms with van der Waals surface area (Å²) in [6.45, 7) is -0.354. The van der Waals surface area contributed by atoms with Crippen molar-refractivity contribution >= 4 is 34.6 Å². The lowest BCUT2D eigenvalue weighted by molar-refractivity contribution is -0.118. The van der Waals surface area contributed by atoms with Gasteiger partial charge < -0.3 is 20.1 Å². The fraction of sp³-hybridized carbons (Fsp3) is 0.0714. The molecule has 0 atom stereocenters. The van der Waals surface area contributed by atoms with Crippen molar-refractivity contribution in [3.63, 3.8) is 0 Å². The highest BCUT2D eigenvalue weighted by Gasteiger charge is 2.11. The first-order chi connectivity index (χ1) is 17.7. The van der Waals surface area contributed by atoms with Gasteiger partial charge in [0.1, 0.15) is 17.2 Å². The van der Waals surface area contributed by atoms with Crippen molar-refractivity contribution in [3.05, 3.63) is 109 Å². The molecule has 4 rings (SSSR count). The standard InChI is InChI=1S/C28H24N4O4/c33-27(19-35-23-12-6-2-7-13-23)29-22-16-17-25(32-31-21-10-4-1-5-11-21)26(18-22)30-28(34)20-36-24-14-8-3-9-15-24/h1-18H,19-20H2,(H,29,33)(H,30,34). The molecule has 0 unspecified atom stereocenters. The Labute approximate surface area is 208 Å². The van der Waals surface area contributed by atoms with Gasteiger partial charge in [0.05, 0.1) is 11.4 Å². The third-order valence-electron chi connectivity index (χ3n) is 4.81. The van der Waals surface area contributed by atoms with Gasteiger partial charge in [-0.1, -0.05) is 54.6 Å². The van der Waals surface area contributed by atoms with Crippen LogP contribution in [-0.4, -0.2) is 25.0 Å². The Bertz CT molecular complexity index is 1310. The number of nitrogens with zero attached hydrogens (tertiary/aromatic N) is 2. The van der Waals surface area contributed by atoms with Crippen LogP contribution in [0.4, 0.5) is 22.7 Å². The van der Waals surface area contributed by atoms with E-state index >= 15 is 0 Å². The van der Waals surface area contributed by atoms with E-state index in [-0.39, 0.29) is 25.0 Å². The molecule has 0 fully saturated rings. The van der Waals surface area contributed by atoms with Crippen molar-refractivity contribution in [1.29, 1.82) is 0 Å². The molecule has 0 aliphatic rings. The van der Waals surface area contributed by atoms with E-state index in [1.807, 2.05) is 66.7 Å². The number of hydrogen-bond donors (Lipinski definition) is 2. The van der Waals surface area contributed by atoms with Crippen molar-refractivity contribution in [2.24, 2.45) is 10.2 Å². The van der Waals surface area contributed by atoms with Crippen molar-refractivity contribution in [2.75, 3.05) is 23.8 Å². The molecule has 0 spiro atoms. The van der Waals surface area contributed by atoms with Gasteiger partial charge in [0.25, 0.3) is 11.8 Å². The van der Waals surface area contributed by atoms with Gasteiger partial charge in [-0.2, -0.15) is 5.11 Å². The number of ether oxygens (including phenoxy) is 2. The molecule has 2 N–H and O–H groups in total. The Morgan fingerprint density at radius 1 is 0.611 bits per heavy atom. The van der Waals surface area contributed by atoms with E-state index in [0.29, 0.717) is 34.2 Å². The van der Waals surface area contributed by atoms with Crippen LogP contribution in [0.3, 0.4) is 0 Å². The molecule has 8 heteroatoms. The molecule has 2 amide bonds. The number of amides is 2. The zero-order valence-corrected chi connectivity index (χ0v) is 19.3. The molecular weight excluding hydrogens is 456 g/mol. The molecule has 0 heterocycles. The third-order valence-corrected chi connectivity index (χ3v) is 4.81. The van der Waals surface area contributed by atoms with Crippen LogP contribution in [0.5, 0.6) is 11.5 Å². The summed E-state index contributed by atoms with van der Waals surface area (Å²) in [7, 11) is 0. The average molecular weight is 481 g/mol. The second-order valence-electron chi connectivity index (χ2n) is 7.57. The fourth-order valence-corrected chi connectivity index (χ4v) is 3.12. The van der Waals surface area contributed by atoms with Crippen molar-refractivity contribution < 1.29 is 19.1 Å². The average Bonchev–Trinajstić information content (AvgIpc) is 2.92. The molecule has 0 saturated carbocycles. The highest BCUT2D eigenvalue weighted by atomic mass is 16.5. The van der Waals surface area contributed by atoms with Crippen molar-refractivity contribution in [1.82, 2.24) is 0 Å². The SMILES string of the molecule is O=C(COc1ccccc1)Nc1ccc(N=Nc2ccccc2)c(NC(=O)COc2ccccc2)c1. The van der Waals surface area contributed by atoms with Gasteiger partial charge >= 0.3 is 0 Å². The second kappa shape index (κ2) is 12.5. The number of para-hydroxylation sites is 2. The van der Waals surface area contributed by atoms with Gasteiger partial charge in [-0.3, -0.25) is 9.59 Å². The zero-order chi connectivity index (χ0) is 25.0. The van der Waals surface area contributed by atoms with Crippen molar-refractivity contribution in [3.8, 4) is 11.5 Å². The van der Waals surface area contributed by atoms with Crippen LogP contribution in [0, 0.1) is 0 Å². The minimum Gasteiger partial charge on any atom is -0.484 e. The van der Waals surface area contributed by atoms with Gasteiger partial charge in [-0.05, 0) is 54.6 Å². The highest BCUT2D eigenvalue weighted by molar-refractivity contribution is 5.97. The maximum Gasteiger partial charge on any atom is 0.262 e. The topological polar surface area (TPSA) is 101 Å². The van der Waals surface area contributed by atoms with Crippen LogP contribution < -0.4 is 20.1 Å². The van der Waals surface area contributed by atoms with E-state index in [9.17, 15) is 9.59 Å². The minimum absolute atomic E-state index is 0.161. The van der Waals surface area contributed by atoms with Crippen LogP contribution >= 0.6 is 0 Å². The smallest absolute Gasteiger partial charge is 0.262 e. The molecule has 0 aromatic heterocycles. The van der Waals surface area contributed by atoms with E-state index in [0.717, 1.165) is 0 Å². The first kappa shape index (κ1) is 24.2. The Balaban J connectivity index is 1.45. The fourth-order valence-electron chi connectivity index (χ4n) is 3.12. The van der Waals surface area contributed by atoms with Crippen LogP contribution in [0.1, 0.15) is 0 Å². The number of benzene rings is 4. The molecule has 8 nitrogen and oxygen atoms in total. The molecule has 0 aliphatic carbocycles. The number of hydrogen-bond acceptors (Lipinski definition) is 6.